The molecule has 1 rings (SSSR count). The first-order valence-corrected chi connectivity index (χ1v) is 7.96. The minimum Gasteiger partial charge on any atom is -0.370 e. The Morgan fingerprint density at radius 3 is 2.28 bits per heavy atom. The first-order chi connectivity index (χ1) is 12.0. The van der Waals surface area contributed by atoms with E-state index in [2.05, 4.69) is 16.0 Å². The molecule has 0 radical (unpaired) electrons. The van der Waals surface area contributed by atoms with Crippen LogP contribution in [-0.2, 0) is 30.4 Å². The van der Waals surface area contributed by atoms with Crippen molar-refractivity contribution < 1.29 is 23.9 Å². The van der Waals surface area contributed by atoms with Crippen molar-refractivity contribution in [1.29, 1.82) is 0 Å². The van der Waals surface area contributed by atoms with Crippen molar-refractivity contribution in [2.75, 3.05) is 45.3 Å². The van der Waals surface area contributed by atoms with Gasteiger partial charge in [0, 0.05) is 18.8 Å². The fourth-order valence-corrected chi connectivity index (χ4v) is 1.78. The predicted octanol–water partition coefficient (Wildman–Crippen LogP) is 0.0829. The summed E-state index contributed by atoms with van der Waals surface area (Å²) in [4.78, 5) is 33.9. The van der Waals surface area contributed by atoms with Crippen LogP contribution in [0.1, 0.15) is 12.5 Å². The lowest BCUT2D eigenvalue weighted by molar-refractivity contribution is -0.126. The summed E-state index contributed by atoms with van der Waals surface area (Å²) >= 11 is 0. The van der Waals surface area contributed by atoms with Gasteiger partial charge in [-0.1, -0.05) is 12.1 Å². The number of ether oxygens (including phenoxy) is 2. The molecule has 0 fully saturated rings. The average molecular weight is 351 g/mol. The molecule has 0 aromatic heterocycles. The SMILES string of the molecule is CNCCOCC(=O)NCc1ccc(NC(=O)COCC(C)=O)cc1. The van der Waals surface area contributed by atoms with E-state index in [9.17, 15) is 14.4 Å². The fourth-order valence-electron chi connectivity index (χ4n) is 1.78. The zero-order valence-corrected chi connectivity index (χ0v) is 14.6. The highest BCUT2D eigenvalue weighted by atomic mass is 16.5. The lowest BCUT2D eigenvalue weighted by Gasteiger charge is -2.08. The number of amides is 2. The van der Waals surface area contributed by atoms with Crippen molar-refractivity contribution in [3.05, 3.63) is 29.8 Å². The minimum atomic E-state index is -0.332. The Labute approximate surface area is 147 Å². The summed E-state index contributed by atoms with van der Waals surface area (Å²) in [5, 5.41) is 8.33. The zero-order chi connectivity index (χ0) is 18.5. The molecule has 1 aromatic carbocycles. The Kier molecular flexibility index (Phi) is 10.1. The molecule has 0 spiro atoms. The van der Waals surface area contributed by atoms with Gasteiger partial charge in [0.15, 0.2) is 5.78 Å². The van der Waals surface area contributed by atoms with Crippen LogP contribution in [0, 0.1) is 0 Å². The van der Waals surface area contributed by atoms with E-state index in [1.54, 1.807) is 24.3 Å². The summed E-state index contributed by atoms with van der Waals surface area (Å²) in [5.74, 6) is -0.649. The van der Waals surface area contributed by atoms with E-state index in [0.717, 1.165) is 5.56 Å². The van der Waals surface area contributed by atoms with Crippen molar-refractivity contribution in [3.8, 4) is 0 Å². The largest absolute Gasteiger partial charge is 0.370 e. The van der Waals surface area contributed by atoms with Crippen molar-refractivity contribution in [1.82, 2.24) is 10.6 Å². The third-order valence-electron chi connectivity index (χ3n) is 3.00. The van der Waals surface area contributed by atoms with Gasteiger partial charge in [0.05, 0.1) is 6.61 Å². The van der Waals surface area contributed by atoms with Crippen LogP contribution in [0.2, 0.25) is 0 Å². The summed E-state index contributed by atoms with van der Waals surface area (Å²) in [6, 6.07) is 7.06. The molecular formula is C17H25N3O5. The van der Waals surface area contributed by atoms with Gasteiger partial charge in [-0.15, -0.1) is 0 Å². The number of carbonyl (C=O) groups excluding carboxylic acids is 3. The van der Waals surface area contributed by atoms with Gasteiger partial charge in [0.1, 0.15) is 19.8 Å². The molecule has 2 amide bonds. The Bertz CT molecular complexity index is 560. The van der Waals surface area contributed by atoms with Gasteiger partial charge in [0.25, 0.3) is 0 Å². The van der Waals surface area contributed by atoms with E-state index >= 15 is 0 Å². The van der Waals surface area contributed by atoms with Gasteiger partial charge in [0.2, 0.25) is 11.8 Å². The Hall–Kier alpha value is -2.29. The number of ketones is 1. The van der Waals surface area contributed by atoms with Crippen LogP contribution in [-0.4, -0.2) is 57.6 Å². The minimum absolute atomic E-state index is 0.0239. The van der Waals surface area contributed by atoms with E-state index in [1.807, 2.05) is 7.05 Å². The third-order valence-corrected chi connectivity index (χ3v) is 3.00. The molecule has 0 aliphatic carbocycles. The smallest absolute Gasteiger partial charge is 0.250 e. The van der Waals surface area contributed by atoms with Crippen LogP contribution in [0.15, 0.2) is 24.3 Å². The van der Waals surface area contributed by atoms with Gasteiger partial charge in [-0.25, -0.2) is 0 Å². The van der Waals surface area contributed by atoms with Crippen LogP contribution in [0.3, 0.4) is 0 Å². The molecule has 25 heavy (non-hydrogen) atoms. The highest BCUT2D eigenvalue weighted by molar-refractivity contribution is 5.91. The maximum Gasteiger partial charge on any atom is 0.250 e. The Morgan fingerprint density at radius 1 is 0.960 bits per heavy atom. The number of benzene rings is 1. The Balaban J connectivity index is 2.27. The normalized spacial score (nSPS) is 10.3. The molecule has 0 saturated carbocycles. The molecule has 8 nitrogen and oxygen atoms in total. The van der Waals surface area contributed by atoms with Crippen LogP contribution in [0.5, 0.6) is 0 Å². The number of Topliss-reactive ketones (excluding diaryl/α,β-unsaturated/α-hetero) is 1. The number of hydrogen-bond donors (Lipinski definition) is 3. The number of anilines is 1. The summed E-state index contributed by atoms with van der Waals surface area (Å²) in [6.45, 7) is 2.72. The molecule has 0 bridgehead atoms. The zero-order valence-electron chi connectivity index (χ0n) is 14.6. The van der Waals surface area contributed by atoms with Crippen LogP contribution in [0.4, 0.5) is 5.69 Å². The van der Waals surface area contributed by atoms with Crippen LogP contribution >= 0.6 is 0 Å². The summed E-state index contributed by atoms with van der Waals surface area (Å²) in [5.41, 5.74) is 1.51. The molecule has 0 saturated heterocycles. The van der Waals surface area contributed by atoms with Gasteiger partial charge >= 0.3 is 0 Å². The van der Waals surface area contributed by atoms with E-state index in [4.69, 9.17) is 9.47 Å². The molecular weight excluding hydrogens is 326 g/mol. The Morgan fingerprint density at radius 2 is 1.64 bits per heavy atom. The molecule has 138 valence electrons. The number of hydrogen-bond acceptors (Lipinski definition) is 6. The average Bonchev–Trinajstić information content (AvgIpc) is 2.58. The van der Waals surface area contributed by atoms with Gasteiger partial charge in [-0.3, -0.25) is 14.4 Å². The van der Waals surface area contributed by atoms with E-state index < -0.39 is 0 Å². The molecule has 0 aliphatic rings. The first-order valence-electron chi connectivity index (χ1n) is 7.96. The summed E-state index contributed by atoms with van der Waals surface area (Å²) < 4.78 is 10.1. The van der Waals surface area contributed by atoms with E-state index in [0.29, 0.717) is 25.4 Å². The monoisotopic (exact) mass is 351 g/mol. The second-order valence-corrected chi connectivity index (χ2v) is 5.37. The predicted molar refractivity (Wildman–Crippen MR) is 93.2 cm³/mol. The summed E-state index contributed by atoms with van der Waals surface area (Å²) in [6.07, 6.45) is 0. The standard InChI is InChI=1S/C17H25N3O5/c1-13(21)10-25-12-17(23)20-15-5-3-14(4-6-15)9-19-16(22)11-24-8-7-18-2/h3-6,18H,7-12H2,1-2H3,(H,19,22)(H,20,23). The number of nitrogens with one attached hydrogen (secondary N) is 3. The van der Waals surface area contributed by atoms with Crippen LogP contribution in [0.25, 0.3) is 0 Å². The highest BCUT2D eigenvalue weighted by Crippen LogP contribution is 2.09. The van der Waals surface area contributed by atoms with Gasteiger partial charge in [-0.05, 0) is 31.7 Å². The van der Waals surface area contributed by atoms with Crippen molar-refractivity contribution in [2.45, 2.75) is 13.5 Å². The molecule has 0 atom stereocenters. The van der Waals surface area contributed by atoms with Crippen LogP contribution < -0.4 is 16.0 Å². The second-order valence-electron chi connectivity index (χ2n) is 5.37. The first kappa shape index (κ1) is 20.8. The summed E-state index contributed by atoms with van der Waals surface area (Å²) in [7, 11) is 1.81. The lowest BCUT2D eigenvalue weighted by atomic mass is 10.2. The van der Waals surface area contributed by atoms with Gasteiger partial charge < -0.3 is 25.4 Å². The topological polar surface area (TPSA) is 106 Å². The molecule has 0 aliphatic heterocycles. The molecule has 0 unspecified atom stereocenters. The molecule has 3 N–H and O–H groups in total. The fraction of sp³-hybridized carbons (Fsp3) is 0.471. The number of carbonyl (C=O) groups is 3. The quantitative estimate of drug-likeness (QED) is 0.461. The van der Waals surface area contributed by atoms with Gasteiger partial charge in [-0.2, -0.15) is 0 Å². The lowest BCUT2D eigenvalue weighted by Crippen LogP contribution is -2.28. The number of likely N-dealkylation sites (N-methyl/N-ethyl adjacent to an activating group) is 1. The van der Waals surface area contributed by atoms with E-state index in [1.165, 1.54) is 6.92 Å². The second kappa shape index (κ2) is 12.1. The number of rotatable bonds is 12. The third kappa shape index (κ3) is 10.2. The molecule has 0 heterocycles. The molecule has 1 aromatic rings. The van der Waals surface area contributed by atoms with Crippen molar-refractivity contribution in [2.24, 2.45) is 0 Å². The van der Waals surface area contributed by atoms with E-state index in [-0.39, 0.29) is 37.4 Å². The molecule has 8 heteroatoms. The van der Waals surface area contributed by atoms with Crippen molar-refractivity contribution in [3.63, 3.8) is 0 Å². The highest BCUT2D eigenvalue weighted by Gasteiger charge is 2.05. The maximum absolute atomic E-state index is 11.6. The maximum atomic E-state index is 11.6. The van der Waals surface area contributed by atoms with Crippen molar-refractivity contribution >= 4 is 23.3 Å².